The number of carbonyl (C=O) groups is 1. The highest BCUT2D eigenvalue weighted by Crippen LogP contribution is 2.25. The predicted octanol–water partition coefficient (Wildman–Crippen LogP) is 1.65. The Labute approximate surface area is 119 Å². The first kappa shape index (κ1) is 14.8. The van der Waals surface area contributed by atoms with Gasteiger partial charge in [0.15, 0.2) is 0 Å². The molecule has 0 bridgehead atoms. The highest BCUT2D eigenvalue weighted by Gasteiger charge is 2.19. The Bertz CT molecular complexity index is 476. The molecule has 1 aliphatic rings. The third-order valence-corrected chi connectivity index (χ3v) is 3.40. The molecule has 0 atom stereocenters. The van der Waals surface area contributed by atoms with Gasteiger partial charge in [0, 0.05) is 38.6 Å². The number of benzene rings is 1. The normalized spacial score (nSPS) is 16.2. The second-order valence-electron chi connectivity index (χ2n) is 5.37. The van der Waals surface area contributed by atoms with Crippen molar-refractivity contribution in [3.63, 3.8) is 0 Å². The lowest BCUT2D eigenvalue weighted by Crippen LogP contribution is -2.31. The molecule has 1 aromatic carbocycles. The Hall–Kier alpha value is -1.62. The molecule has 110 valence electrons. The zero-order chi connectivity index (χ0) is 14.5. The molecule has 20 heavy (non-hydrogen) atoms. The Balaban J connectivity index is 2.22. The first-order valence-electron chi connectivity index (χ1n) is 7.10. The fraction of sp³-hybridized carbons (Fsp3) is 0.533. The summed E-state index contributed by atoms with van der Waals surface area (Å²) in [5, 5.41) is 6.13. The summed E-state index contributed by atoms with van der Waals surface area (Å²) in [6, 6.07) is 5.50. The number of anilines is 1. The van der Waals surface area contributed by atoms with Crippen molar-refractivity contribution in [3.8, 4) is 0 Å². The lowest BCUT2D eigenvalue weighted by Gasteiger charge is -2.25. The Morgan fingerprint density at radius 2 is 2.20 bits per heavy atom. The van der Waals surface area contributed by atoms with Crippen LogP contribution in [0, 0.1) is 5.82 Å². The Morgan fingerprint density at radius 1 is 1.40 bits per heavy atom. The molecule has 1 aliphatic heterocycles. The first-order valence-corrected chi connectivity index (χ1v) is 7.10. The maximum atomic E-state index is 14.2. The fourth-order valence-electron chi connectivity index (χ4n) is 2.36. The summed E-state index contributed by atoms with van der Waals surface area (Å²) in [7, 11) is 0. The molecule has 0 unspecified atom stereocenters. The molecule has 2 rings (SSSR count). The third kappa shape index (κ3) is 3.70. The quantitative estimate of drug-likeness (QED) is 0.881. The summed E-state index contributed by atoms with van der Waals surface area (Å²) in [6.07, 6.45) is 0.408. The van der Waals surface area contributed by atoms with Crippen molar-refractivity contribution in [2.75, 3.05) is 24.5 Å². The van der Waals surface area contributed by atoms with Crippen molar-refractivity contribution in [1.29, 1.82) is 0 Å². The number of nitrogens with one attached hydrogen (secondary N) is 2. The first-order chi connectivity index (χ1) is 9.58. The minimum atomic E-state index is -0.220. The van der Waals surface area contributed by atoms with Crippen LogP contribution in [0.15, 0.2) is 18.2 Å². The molecule has 1 amide bonds. The van der Waals surface area contributed by atoms with E-state index in [0.29, 0.717) is 44.3 Å². The van der Waals surface area contributed by atoms with Crippen LogP contribution in [0.3, 0.4) is 0 Å². The van der Waals surface area contributed by atoms with Crippen LogP contribution in [0.25, 0.3) is 0 Å². The zero-order valence-electron chi connectivity index (χ0n) is 12.1. The number of hydrogen-bond donors (Lipinski definition) is 2. The molecule has 4 nitrogen and oxygen atoms in total. The van der Waals surface area contributed by atoms with Gasteiger partial charge in [-0.25, -0.2) is 4.39 Å². The van der Waals surface area contributed by atoms with E-state index in [0.717, 1.165) is 5.56 Å². The van der Waals surface area contributed by atoms with Gasteiger partial charge in [-0.05, 0) is 11.6 Å². The van der Waals surface area contributed by atoms with E-state index >= 15 is 0 Å². The van der Waals surface area contributed by atoms with Crippen LogP contribution in [-0.2, 0) is 11.3 Å². The van der Waals surface area contributed by atoms with E-state index in [9.17, 15) is 9.18 Å². The van der Waals surface area contributed by atoms with Crippen LogP contribution >= 0.6 is 0 Å². The van der Waals surface area contributed by atoms with Crippen molar-refractivity contribution < 1.29 is 9.18 Å². The zero-order valence-corrected chi connectivity index (χ0v) is 12.1. The lowest BCUT2D eigenvalue weighted by atomic mass is 10.1. The smallest absolute Gasteiger partial charge is 0.221 e. The van der Waals surface area contributed by atoms with Crippen LogP contribution in [0.4, 0.5) is 10.1 Å². The van der Waals surface area contributed by atoms with Gasteiger partial charge in [-0.3, -0.25) is 4.79 Å². The monoisotopic (exact) mass is 279 g/mol. The predicted molar refractivity (Wildman–Crippen MR) is 78.2 cm³/mol. The summed E-state index contributed by atoms with van der Waals surface area (Å²) >= 11 is 0. The highest BCUT2D eigenvalue weighted by atomic mass is 19.1. The van der Waals surface area contributed by atoms with Gasteiger partial charge in [-0.1, -0.05) is 26.0 Å². The van der Waals surface area contributed by atoms with Crippen LogP contribution in [0.1, 0.15) is 25.8 Å². The number of halogens is 1. The molecule has 1 fully saturated rings. The van der Waals surface area contributed by atoms with Gasteiger partial charge in [0.25, 0.3) is 0 Å². The van der Waals surface area contributed by atoms with Gasteiger partial charge in [-0.15, -0.1) is 0 Å². The molecule has 0 radical (unpaired) electrons. The van der Waals surface area contributed by atoms with Crippen molar-refractivity contribution in [3.05, 3.63) is 29.6 Å². The van der Waals surface area contributed by atoms with Crippen molar-refractivity contribution in [2.24, 2.45) is 0 Å². The Kier molecular flexibility index (Phi) is 4.95. The molecule has 1 heterocycles. The highest BCUT2D eigenvalue weighted by molar-refractivity contribution is 5.77. The molecule has 1 aromatic rings. The van der Waals surface area contributed by atoms with Crippen LogP contribution in [-0.4, -0.2) is 31.6 Å². The average molecular weight is 279 g/mol. The van der Waals surface area contributed by atoms with Crippen LogP contribution < -0.4 is 15.5 Å². The topological polar surface area (TPSA) is 44.4 Å². The number of carbonyl (C=O) groups excluding carboxylic acids is 1. The van der Waals surface area contributed by atoms with Crippen LogP contribution in [0.5, 0.6) is 0 Å². The number of para-hydroxylation sites is 1. The van der Waals surface area contributed by atoms with E-state index in [1.54, 1.807) is 6.07 Å². The molecule has 0 spiro atoms. The van der Waals surface area contributed by atoms with Gasteiger partial charge < -0.3 is 15.5 Å². The summed E-state index contributed by atoms with van der Waals surface area (Å²) in [5.41, 5.74) is 1.56. The number of amides is 1. The van der Waals surface area contributed by atoms with E-state index < -0.39 is 0 Å². The van der Waals surface area contributed by atoms with Gasteiger partial charge in [0.1, 0.15) is 5.82 Å². The van der Waals surface area contributed by atoms with Gasteiger partial charge >= 0.3 is 0 Å². The molecule has 2 N–H and O–H groups in total. The van der Waals surface area contributed by atoms with Crippen molar-refractivity contribution >= 4 is 11.6 Å². The minimum Gasteiger partial charge on any atom is -0.367 e. The van der Waals surface area contributed by atoms with E-state index in [-0.39, 0.29) is 11.7 Å². The number of nitrogens with zero attached hydrogens (tertiary/aromatic N) is 1. The van der Waals surface area contributed by atoms with E-state index in [1.165, 1.54) is 6.07 Å². The molecular formula is C15H22FN3O. The molecule has 0 saturated carbocycles. The third-order valence-electron chi connectivity index (χ3n) is 3.40. The molecule has 0 aromatic heterocycles. The lowest BCUT2D eigenvalue weighted by molar-refractivity contribution is -0.120. The van der Waals surface area contributed by atoms with E-state index in [2.05, 4.69) is 24.5 Å². The SMILES string of the molecule is CC(C)NCc1cccc(F)c1N1CCNC(=O)CC1. The Morgan fingerprint density at radius 3 is 2.95 bits per heavy atom. The van der Waals surface area contributed by atoms with Crippen LogP contribution in [0.2, 0.25) is 0 Å². The molecule has 5 heteroatoms. The molecular weight excluding hydrogens is 257 g/mol. The van der Waals surface area contributed by atoms with Gasteiger partial charge in [-0.2, -0.15) is 0 Å². The fourth-order valence-corrected chi connectivity index (χ4v) is 2.36. The second kappa shape index (κ2) is 6.70. The molecule has 0 aliphatic carbocycles. The molecule has 1 saturated heterocycles. The second-order valence-corrected chi connectivity index (χ2v) is 5.37. The number of hydrogen-bond acceptors (Lipinski definition) is 3. The maximum Gasteiger partial charge on any atom is 0.221 e. The standard InChI is InChI=1S/C15H22FN3O/c1-11(2)18-10-12-4-3-5-13(16)15(12)19-8-6-14(20)17-7-9-19/h3-5,11,18H,6-10H2,1-2H3,(H,17,20). The summed E-state index contributed by atoms with van der Waals surface area (Å²) in [4.78, 5) is 13.4. The summed E-state index contributed by atoms with van der Waals surface area (Å²) < 4.78 is 14.2. The minimum absolute atomic E-state index is 0.0331. The largest absolute Gasteiger partial charge is 0.367 e. The van der Waals surface area contributed by atoms with Gasteiger partial charge in [0.2, 0.25) is 5.91 Å². The summed E-state index contributed by atoms with van der Waals surface area (Å²) in [6.45, 7) is 6.51. The van der Waals surface area contributed by atoms with Crippen molar-refractivity contribution in [2.45, 2.75) is 32.9 Å². The average Bonchev–Trinajstić information content (AvgIpc) is 2.61. The number of rotatable bonds is 4. The van der Waals surface area contributed by atoms with E-state index in [1.807, 2.05) is 11.0 Å². The van der Waals surface area contributed by atoms with Gasteiger partial charge in [0.05, 0.1) is 5.69 Å². The van der Waals surface area contributed by atoms with E-state index in [4.69, 9.17) is 0 Å². The maximum absolute atomic E-state index is 14.2. The summed E-state index contributed by atoms with van der Waals surface area (Å²) in [5.74, 6) is -0.187. The van der Waals surface area contributed by atoms with Crippen molar-refractivity contribution in [1.82, 2.24) is 10.6 Å².